The van der Waals surface area contributed by atoms with Gasteiger partial charge < -0.3 is 15.1 Å². The maximum Gasteiger partial charge on any atom is 0.317 e. The van der Waals surface area contributed by atoms with E-state index in [1.54, 1.807) is 0 Å². The van der Waals surface area contributed by atoms with Gasteiger partial charge >= 0.3 is 6.03 Å². The molecule has 2 amide bonds. The Morgan fingerprint density at radius 1 is 0.870 bits per heavy atom. The van der Waals surface area contributed by atoms with Crippen LogP contribution in [0.4, 0.5) is 4.79 Å². The van der Waals surface area contributed by atoms with Crippen LogP contribution in [0.15, 0.2) is 0 Å². The summed E-state index contributed by atoms with van der Waals surface area (Å²) in [4.78, 5) is 16.8. The van der Waals surface area contributed by atoms with Crippen molar-refractivity contribution in [1.29, 1.82) is 0 Å². The van der Waals surface area contributed by atoms with E-state index in [4.69, 9.17) is 0 Å². The second kappa shape index (κ2) is 10.2. The van der Waals surface area contributed by atoms with Gasteiger partial charge in [0.1, 0.15) is 0 Å². The Balaban J connectivity index is 1.59. The lowest BCUT2D eigenvalue weighted by Gasteiger charge is -2.31. The van der Waals surface area contributed by atoms with Gasteiger partial charge in [-0.1, -0.05) is 44.9 Å². The molecular weight excluding hydrogens is 286 g/mol. The normalized spacial score (nSPS) is 21.2. The van der Waals surface area contributed by atoms with Crippen molar-refractivity contribution in [2.75, 3.05) is 27.2 Å². The number of nitrogens with zero attached hydrogens (tertiary/aromatic N) is 2. The highest BCUT2D eigenvalue weighted by atomic mass is 16.2. The molecule has 4 heteroatoms. The van der Waals surface area contributed by atoms with Crippen LogP contribution in [0.25, 0.3) is 0 Å². The van der Waals surface area contributed by atoms with Crippen LogP contribution in [0, 0.1) is 0 Å². The third-order valence-electron chi connectivity index (χ3n) is 5.85. The summed E-state index contributed by atoms with van der Waals surface area (Å²) < 4.78 is 0. The van der Waals surface area contributed by atoms with Crippen molar-refractivity contribution in [3.63, 3.8) is 0 Å². The zero-order valence-electron chi connectivity index (χ0n) is 15.4. The second-order valence-electron chi connectivity index (χ2n) is 7.61. The van der Waals surface area contributed by atoms with Gasteiger partial charge in [0.25, 0.3) is 0 Å². The molecule has 2 fully saturated rings. The van der Waals surface area contributed by atoms with E-state index in [0.29, 0.717) is 6.04 Å². The Morgan fingerprint density at radius 3 is 2.00 bits per heavy atom. The summed E-state index contributed by atoms with van der Waals surface area (Å²) in [5, 5.41) is 3.12. The lowest BCUT2D eigenvalue weighted by Crippen LogP contribution is -2.44. The predicted molar refractivity (Wildman–Crippen MR) is 96.8 cm³/mol. The minimum Gasteiger partial charge on any atom is -0.338 e. The number of nitrogens with one attached hydrogen (secondary N) is 1. The number of urea groups is 1. The molecule has 2 rings (SSSR count). The van der Waals surface area contributed by atoms with E-state index < -0.39 is 0 Å². The molecule has 2 aliphatic carbocycles. The van der Waals surface area contributed by atoms with Crippen molar-refractivity contribution < 1.29 is 4.79 Å². The molecule has 23 heavy (non-hydrogen) atoms. The molecule has 0 bridgehead atoms. The summed E-state index contributed by atoms with van der Waals surface area (Å²) in [5.74, 6) is 0. The second-order valence-corrected chi connectivity index (χ2v) is 7.61. The van der Waals surface area contributed by atoms with Crippen molar-refractivity contribution in [2.24, 2.45) is 0 Å². The van der Waals surface area contributed by atoms with Crippen LogP contribution in [0.1, 0.15) is 77.0 Å². The van der Waals surface area contributed by atoms with Crippen LogP contribution in [0.5, 0.6) is 0 Å². The van der Waals surface area contributed by atoms with E-state index in [1.807, 2.05) is 11.9 Å². The average molecular weight is 324 g/mol. The van der Waals surface area contributed by atoms with Crippen LogP contribution < -0.4 is 5.32 Å². The monoisotopic (exact) mass is 323 g/mol. The molecule has 2 aliphatic rings. The SMILES string of the molecule is CN(CCCNC(=O)N(C)C1CCCCCC1)C1CCCCC1. The number of carbonyl (C=O) groups excluding carboxylic acids is 1. The Morgan fingerprint density at radius 2 is 1.39 bits per heavy atom. The summed E-state index contributed by atoms with van der Waals surface area (Å²) in [6.45, 7) is 1.89. The largest absolute Gasteiger partial charge is 0.338 e. The summed E-state index contributed by atoms with van der Waals surface area (Å²) >= 11 is 0. The molecule has 0 saturated heterocycles. The van der Waals surface area contributed by atoms with Crippen molar-refractivity contribution in [1.82, 2.24) is 15.1 Å². The first-order chi connectivity index (χ1) is 11.2. The first-order valence-electron chi connectivity index (χ1n) is 9.89. The Kier molecular flexibility index (Phi) is 8.21. The summed E-state index contributed by atoms with van der Waals surface area (Å²) in [5.41, 5.74) is 0. The van der Waals surface area contributed by atoms with Crippen molar-refractivity contribution in [3.05, 3.63) is 0 Å². The van der Waals surface area contributed by atoms with Crippen LogP contribution in [-0.2, 0) is 0 Å². The molecule has 0 radical (unpaired) electrons. The molecule has 4 nitrogen and oxygen atoms in total. The zero-order valence-corrected chi connectivity index (χ0v) is 15.4. The van der Waals surface area contributed by atoms with E-state index in [2.05, 4.69) is 17.3 Å². The molecule has 0 unspecified atom stereocenters. The van der Waals surface area contributed by atoms with E-state index in [1.165, 1.54) is 70.6 Å². The topological polar surface area (TPSA) is 35.6 Å². The highest BCUT2D eigenvalue weighted by Gasteiger charge is 2.21. The molecule has 0 atom stereocenters. The highest BCUT2D eigenvalue weighted by molar-refractivity contribution is 5.74. The number of hydrogen-bond acceptors (Lipinski definition) is 2. The first kappa shape index (κ1) is 18.6. The standard InChI is InChI=1S/C19H37N3O/c1-21(17-11-8-5-9-12-17)16-10-15-20-19(23)22(2)18-13-6-3-4-7-14-18/h17-18H,3-16H2,1-2H3,(H,20,23). The molecule has 2 saturated carbocycles. The van der Waals surface area contributed by atoms with E-state index in [9.17, 15) is 4.79 Å². The molecule has 0 spiro atoms. The van der Waals surface area contributed by atoms with Crippen LogP contribution >= 0.6 is 0 Å². The Hall–Kier alpha value is -0.770. The van der Waals surface area contributed by atoms with Gasteiger partial charge in [-0.25, -0.2) is 4.79 Å². The van der Waals surface area contributed by atoms with Crippen molar-refractivity contribution in [2.45, 2.75) is 89.1 Å². The maximum atomic E-state index is 12.3. The van der Waals surface area contributed by atoms with Crippen LogP contribution in [0.3, 0.4) is 0 Å². The van der Waals surface area contributed by atoms with E-state index in [-0.39, 0.29) is 6.03 Å². The third kappa shape index (κ3) is 6.33. The number of amides is 2. The summed E-state index contributed by atoms with van der Waals surface area (Å²) in [6, 6.07) is 1.34. The lowest BCUT2D eigenvalue weighted by molar-refractivity contribution is 0.178. The first-order valence-corrected chi connectivity index (χ1v) is 9.89. The molecule has 0 aliphatic heterocycles. The van der Waals surface area contributed by atoms with Gasteiger partial charge in [0.2, 0.25) is 0 Å². The number of hydrogen-bond donors (Lipinski definition) is 1. The van der Waals surface area contributed by atoms with Gasteiger partial charge in [0.05, 0.1) is 0 Å². The molecule has 0 aromatic heterocycles. The summed E-state index contributed by atoms with van der Waals surface area (Å²) in [6.07, 6.45) is 15.5. The average Bonchev–Trinajstić information content (AvgIpc) is 2.87. The van der Waals surface area contributed by atoms with Crippen molar-refractivity contribution >= 4 is 6.03 Å². The zero-order chi connectivity index (χ0) is 16.5. The van der Waals surface area contributed by atoms with E-state index in [0.717, 1.165) is 25.6 Å². The number of carbonyl (C=O) groups is 1. The molecule has 0 aromatic rings. The minimum absolute atomic E-state index is 0.122. The van der Waals surface area contributed by atoms with Crippen LogP contribution in [-0.4, -0.2) is 55.1 Å². The van der Waals surface area contributed by atoms with Crippen LogP contribution in [0.2, 0.25) is 0 Å². The van der Waals surface area contributed by atoms with Crippen molar-refractivity contribution in [3.8, 4) is 0 Å². The third-order valence-corrected chi connectivity index (χ3v) is 5.85. The fourth-order valence-corrected chi connectivity index (χ4v) is 4.16. The van der Waals surface area contributed by atoms with E-state index >= 15 is 0 Å². The quantitative estimate of drug-likeness (QED) is 0.592. The molecular formula is C19H37N3O. The Labute approximate surface area is 143 Å². The maximum absolute atomic E-state index is 12.3. The fourth-order valence-electron chi connectivity index (χ4n) is 4.16. The summed E-state index contributed by atoms with van der Waals surface area (Å²) in [7, 11) is 4.22. The predicted octanol–water partition coefficient (Wildman–Crippen LogP) is 4.01. The number of rotatable bonds is 6. The lowest BCUT2D eigenvalue weighted by atomic mass is 9.94. The van der Waals surface area contributed by atoms with Gasteiger partial charge in [-0.15, -0.1) is 0 Å². The smallest absolute Gasteiger partial charge is 0.317 e. The van der Waals surface area contributed by atoms with Gasteiger partial charge in [0.15, 0.2) is 0 Å². The molecule has 1 N–H and O–H groups in total. The molecule has 134 valence electrons. The van der Waals surface area contributed by atoms with Gasteiger partial charge in [-0.05, 0) is 45.7 Å². The highest BCUT2D eigenvalue weighted by Crippen LogP contribution is 2.22. The Bertz CT molecular complexity index is 334. The molecule has 0 heterocycles. The fraction of sp³-hybridized carbons (Fsp3) is 0.947. The van der Waals surface area contributed by atoms with Gasteiger partial charge in [-0.3, -0.25) is 0 Å². The van der Waals surface area contributed by atoms with Gasteiger partial charge in [-0.2, -0.15) is 0 Å². The minimum atomic E-state index is 0.122. The molecule has 0 aromatic carbocycles. The van der Waals surface area contributed by atoms with Gasteiger partial charge in [0, 0.05) is 25.7 Å².